The molecule has 1 aliphatic carbocycles. The molecular formula is C25H25N5. The summed E-state index contributed by atoms with van der Waals surface area (Å²) in [6, 6.07) is 21.2. The van der Waals surface area contributed by atoms with E-state index in [4.69, 9.17) is 5.10 Å². The van der Waals surface area contributed by atoms with E-state index in [-0.39, 0.29) is 5.41 Å². The summed E-state index contributed by atoms with van der Waals surface area (Å²) >= 11 is 0. The van der Waals surface area contributed by atoms with Crippen LogP contribution in [0.25, 0.3) is 5.69 Å². The molecule has 0 saturated heterocycles. The van der Waals surface area contributed by atoms with Crippen LogP contribution < -0.4 is 5.32 Å². The second-order valence-corrected chi connectivity index (χ2v) is 8.44. The van der Waals surface area contributed by atoms with Gasteiger partial charge in [0.05, 0.1) is 24.1 Å². The Balaban J connectivity index is 1.36. The van der Waals surface area contributed by atoms with Gasteiger partial charge in [-0.25, -0.2) is 4.68 Å². The van der Waals surface area contributed by atoms with Crippen LogP contribution in [0.1, 0.15) is 40.9 Å². The number of hydrogen-bond donors (Lipinski definition) is 1. The van der Waals surface area contributed by atoms with Gasteiger partial charge < -0.3 is 5.32 Å². The van der Waals surface area contributed by atoms with E-state index >= 15 is 0 Å². The van der Waals surface area contributed by atoms with Crippen LogP contribution in [-0.2, 0) is 24.9 Å². The Kier molecular flexibility index (Phi) is 4.09. The van der Waals surface area contributed by atoms with E-state index in [9.17, 15) is 0 Å². The highest BCUT2D eigenvalue weighted by atomic mass is 15.3. The van der Waals surface area contributed by atoms with Crippen LogP contribution in [-0.4, -0.2) is 26.1 Å². The molecule has 0 radical (unpaired) electrons. The molecule has 30 heavy (non-hydrogen) atoms. The SMILES string of the molecule is c1ccc(-n2cc(Cn3nc(C4(c5ccccc5)CC4)c4c3CCNC4)cn2)cc1. The van der Waals surface area contributed by atoms with Gasteiger partial charge in [-0.3, -0.25) is 4.68 Å². The third-order valence-electron chi connectivity index (χ3n) is 6.53. The molecule has 6 rings (SSSR count). The summed E-state index contributed by atoms with van der Waals surface area (Å²) in [6.07, 6.45) is 7.49. The van der Waals surface area contributed by atoms with E-state index < -0.39 is 0 Å². The highest BCUT2D eigenvalue weighted by Gasteiger charge is 2.50. The van der Waals surface area contributed by atoms with Crippen molar-refractivity contribution in [2.24, 2.45) is 0 Å². The molecule has 0 amide bonds. The largest absolute Gasteiger partial charge is 0.312 e. The number of nitrogens with zero attached hydrogens (tertiary/aromatic N) is 4. The van der Waals surface area contributed by atoms with Crippen molar-refractivity contribution in [2.75, 3.05) is 6.54 Å². The van der Waals surface area contributed by atoms with E-state index in [1.807, 2.05) is 29.1 Å². The molecular weight excluding hydrogens is 370 g/mol. The molecule has 4 aromatic rings. The first-order chi connectivity index (χ1) is 14.8. The fourth-order valence-electron chi connectivity index (χ4n) is 4.82. The zero-order valence-corrected chi connectivity index (χ0v) is 17.0. The third-order valence-corrected chi connectivity index (χ3v) is 6.53. The molecule has 1 fully saturated rings. The first-order valence-corrected chi connectivity index (χ1v) is 10.8. The van der Waals surface area contributed by atoms with E-state index in [2.05, 4.69) is 63.8 Å². The van der Waals surface area contributed by atoms with Crippen LogP contribution >= 0.6 is 0 Å². The normalized spacial score (nSPS) is 16.9. The van der Waals surface area contributed by atoms with Crippen LogP contribution in [0.4, 0.5) is 0 Å². The van der Waals surface area contributed by atoms with Crippen molar-refractivity contribution in [1.82, 2.24) is 24.9 Å². The molecule has 150 valence electrons. The standard InChI is InChI=1S/C25H25N5/c1-3-7-20(8-4-1)25(12-13-25)24-22-16-26-14-11-23(22)30(28-24)18-19-15-27-29(17-19)21-9-5-2-6-10-21/h1-10,15,17,26H,11-14,16,18H2. The van der Waals surface area contributed by atoms with E-state index in [1.54, 1.807) is 0 Å². The number of benzene rings is 2. The van der Waals surface area contributed by atoms with E-state index in [0.29, 0.717) is 0 Å². The average Bonchev–Trinajstić information content (AvgIpc) is 3.34. The monoisotopic (exact) mass is 395 g/mol. The number of fused-ring (bicyclic) bond motifs is 1. The molecule has 2 aliphatic rings. The third kappa shape index (κ3) is 2.89. The molecule has 1 saturated carbocycles. The summed E-state index contributed by atoms with van der Waals surface area (Å²) in [5.74, 6) is 0. The zero-order chi connectivity index (χ0) is 20.0. The minimum Gasteiger partial charge on any atom is -0.312 e. The minimum atomic E-state index is 0.101. The first kappa shape index (κ1) is 17.7. The summed E-state index contributed by atoms with van der Waals surface area (Å²) in [4.78, 5) is 0. The maximum atomic E-state index is 5.22. The number of para-hydroxylation sites is 1. The lowest BCUT2D eigenvalue weighted by Gasteiger charge is -2.19. The Morgan fingerprint density at radius 3 is 2.50 bits per heavy atom. The molecule has 0 atom stereocenters. The van der Waals surface area contributed by atoms with Gasteiger partial charge in [0.2, 0.25) is 0 Å². The molecule has 5 heteroatoms. The van der Waals surface area contributed by atoms with Crippen LogP contribution in [0.2, 0.25) is 0 Å². The molecule has 2 aromatic carbocycles. The summed E-state index contributed by atoms with van der Waals surface area (Å²) in [7, 11) is 0. The smallest absolute Gasteiger partial charge is 0.0778 e. The Morgan fingerprint density at radius 2 is 1.73 bits per heavy atom. The molecule has 2 aromatic heterocycles. The Labute approximate surface area is 176 Å². The summed E-state index contributed by atoms with van der Waals surface area (Å²) in [5, 5.41) is 13.4. The number of nitrogens with one attached hydrogen (secondary N) is 1. The lowest BCUT2D eigenvalue weighted by Crippen LogP contribution is -2.26. The maximum Gasteiger partial charge on any atom is 0.0778 e. The highest BCUT2D eigenvalue weighted by molar-refractivity contribution is 5.47. The number of hydrogen-bond acceptors (Lipinski definition) is 3. The van der Waals surface area contributed by atoms with Crippen molar-refractivity contribution in [1.29, 1.82) is 0 Å². The number of rotatable bonds is 5. The van der Waals surface area contributed by atoms with Crippen LogP contribution in [0.5, 0.6) is 0 Å². The summed E-state index contributed by atoms with van der Waals surface area (Å²) < 4.78 is 4.18. The van der Waals surface area contributed by atoms with Gasteiger partial charge in [-0.2, -0.15) is 10.2 Å². The second kappa shape index (κ2) is 6.96. The van der Waals surface area contributed by atoms with Gasteiger partial charge in [0.25, 0.3) is 0 Å². The lowest BCUT2D eigenvalue weighted by molar-refractivity contribution is 0.582. The predicted molar refractivity (Wildman–Crippen MR) is 117 cm³/mol. The van der Waals surface area contributed by atoms with Crippen molar-refractivity contribution in [3.8, 4) is 5.69 Å². The van der Waals surface area contributed by atoms with Gasteiger partial charge in [-0.15, -0.1) is 0 Å². The quantitative estimate of drug-likeness (QED) is 0.558. The molecule has 1 aliphatic heterocycles. The molecule has 1 N–H and O–H groups in total. The summed E-state index contributed by atoms with van der Waals surface area (Å²) in [5.41, 5.74) is 7.85. The topological polar surface area (TPSA) is 47.7 Å². The van der Waals surface area contributed by atoms with Gasteiger partial charge in [-0.1, -0.05) is 48.5 Å². The van der Waals surface area contributed by atoms with E-state index in [0.717, 1.165) is 31.7 Å². The molecule has 0 bridgehead atoms. The van der Waals surface area contributed by atoms with Crippen molar-refractivity contribution < 1.29 is 0 Å². The first-order valence-electron chi connectivity index (χ1n) is 10.8. The van der Waals surface area contributed by atoms with Crippen molar-refractivity contribution in [2.45, 2.75) is 37.8 Å². The van der Waals surface area contributed by atoms with Gasteiger partial charge in [-0.05, 0) is 30.5 Å². The minimum absolute atomic E-state index is 0.101. The molecule has 0 unspecified atom stereocenters. The lowest BCUT2D eigenvalue weighted by atomic mass is 9.88. The Morgan fingerprint density at radius 1 is 0.967 bits per heavy atom. The van der Waals surface area contributed by atoms with Crippen LogP contribution in [0, 0.1) is 0 Å². The number of aromatic nitrogens is 4. The second-order valence-electron chi connectivity index (χ2n) is 8.44. The van der Waals surface area contributed by atoms with Gasteiger partial charge in [0.15, 0.2) is 0 Å². The summed E-state index contributed by atoms with van der Waals surface area (Å²) in [6.45, 7) is 2.70. The molecule has 0 spiro atoms. The fraction of sp³-hybridized carbons (Fsp3) is 0.280. The molecule has 3 heterocycles. The average molecular weight is 396 g/mol. The molecule has 5 nitrogen and oxygen atoms in total. The van der Waals surface area contributed by atoms with Crippen molar-refractivity contribution >= 4 is 0 Å². The Hall–Kier alpha value is -3.18. The van der Waals surface area contributed by atoms with E-state index in [1.165, 1.54) is 40.9 Å². The fourth-order valence-corrected chi connectivity index (χ4v) is 4.82. The van der Waals surface area contributed by atoms with Crippen LogP contribution in [0.15, 0.2) is 73.1 Å². The van der Waals surface area contributed by atoms with Gasteiger partial charge in [0.1, 0.15) is 0 Å². The van der Waals surface area contributed by atoms with Gasteiger partial charge >= 0.3 is 0 Å². The van der Waals surface area contributed by atoms with Crippen molar-refractivity contribution in [3.63, 3.8) is 0 Å². The van der Waals surface area contributed by atoms with Crippen molar-refractivity contribution in [3.05, 3.63) is 101 Å². The van der Waals surface area contributed by atoms with Gasteiger partial charge in [0, 0.05) is 47.9 Å². The Bertz CT molecular complexity index is 1170. The maximum absolute atomic E-state index is 5.22. The van der Waals surface area contributed by atoms with Crippen LogP contribution in [0.3, 0.4) is 0 Å². The zero-order valence-electron chi connectivity index (χ0n) is 17.0. The highest BCUT2D eigenvalue weighted by Crippen LogP contribution is 2.54. The predicted octanol–water partition coefficient (Wildman–Crippen LogP) is 3.84.